The van der Waals surface area contributed by atoms with Crippen molar-refractivity contribution in [2.24, 2.45) is 0 Å². The summed E-state index contributed by atoms with van der Waals surface area (Å²) < 4.78 is 16.1. The summed E-state index contributed by atoms with van der Waals surface area (Å²) in [7, 11) is 1.34. The highest BCUT2D eigenvalue weighted by Gasteiger charge is 2.11. The number of aryl methyl sites for hydroxylation is 1. The standard InChI is InChI=1S/C24H22N2O5/c1-16-13-21(22(15-25)23(27)26-16)18-5-3-6-20(14-18)31-12-4-11-30-19-9-7-17(8-10-19)24(28)29-2/h3,5-10,13-14H,4,11-12H2,1-2H3,(H,26,27). The Balaban J connectivity index is 1.55. The molecule has 158 valence electrons. The molecule has 0 spiro atoms. The highest BCUT2D eigenvalue weighted by molar-refractivity contribution is 5.89. The Morgan fingerprint density at radius 3 is 2.42 bits per heavy atom. The number of ether oxygens (including phenoxy) is 3. The average molecular weight is 418 g/mol. The average Bonchev–Trinajstić information content (AvgIpc) is 2.78. The molecule has 7 nitrogen and oxygen atoms in total. The van der Waals surface area contributed by atoms with Crippen LogP contribution in [0.5, 0.6) is 11.5 Å². The van der Waals surface area contributed by atoms with Crippen LogP contribution in [0.3, 0.4) is 0 Å². The molecule has 0 amide bonds. The number of pyridine rings is 1. The number of hydrogen-bond donors (Lipinski definition) is 1. The molecule has 3 rings (SSSR count). The van der Waals surface area contributed by atoms with E-state index in [0.29, 0.717) is 48.0 Å². The second-order valence-electron chi connectivity index (χ2n) is 6.78. The fraction of sp³-hybridized carbons (Fsp3) is 0.208. The zero-order valence-corrected chi connectivity index (χ0v) is 17.3. The number of carbonyl (C=O) groups excluding carboxylic acids is 1. The lowest BCUT2D eigenvalue weighted by atomic mass is 10.0. The molecule has 31 heavy (non-hydrogen) atoms. The van der Waals surface area contributed by atoms with Gasteiger partial charge in [-0.15, -0.1) is 0 Å². The van der Waals surface area contributed by atoms with E-state index in [-0.39, 0.29) is 11.5 Å². The number of H-pyrrole nitrogens is 1. The molecule has 3 aromatic rings. The SMILES string of the molecule is COC(=O)c1ccc(OCCCOc2cccc(-c3cc(C)[nH]c(=O)c3C#N)c2)cc1. The van der Waals surface area contributed by atoms with Gasteiger partial charge in [-0.1, -0.05) is 12.1 Å². The van der Waals surface area contributed by atoms with E-state index in [1.165, 1.54) is 7.11 Å². The number of methoxy groups -OCH3 is 1. The largest absolute Gasteiger partial charge is 0.493 e. The van der Waals surface area contributed by atoms with Gasteiger partial charge >= 0.3 is 5.97 Å². The van der Waals surface area contributed by atoms with Crippen LogP contribution in [0.25, 0.3) is 11.1 Å². The normalized spacial score (nSPS) is 10.2. The summed E-state index contributed by atoms with van der Waals surface area (Å²) >= 11 is 0. The van der Waals surface area contributed by atoms with Gasteiger partial charge in [0.05, 0.1) is 25.9 Å². The van der Waals surface area contributed by atoms with E-state index in [9.17, 15) is 14.9 Å². The maximum absolute atomic E-state index is 12.0. The van der Waals surface area contributed by atoms with E-state index in [0.717, 1.165) is 5.56 Å². The van der Waals surface area contributed by atoms with Crippen molar-refractivity contribution in [2.75, 3.05) is 20.3 Å². The molecule has 0 fully saturated rings. The zero-order valence-electron chi connectivity index (χ0n) is 17.3. The molecule has 0 aliphatic carbocycles. The van der Waals surface area contributed by atoms with Gasteiger partial charge in [0.2, 0.25) is 0 Å². The van der Waals surface area contributed by atoms with Gasteiger partial charge in [-0.05, 0) is 55.0 Å². The summed E-state index contributed by atoms with van der Waals surface area (Å²) in [6, 6.07) is 17.8. The van der Waals surface area contributed by atoms with Crippen LogP contribution < -0.4 is 15.0 Å². The van der Waals surface area contributed by atoms with Crippen molar-refractivity contribution in [2.45, 2.75) is 13.3 Å². The molecular formula is C24H22N2O5. The van der Waals surface area contributed by atoms with E-state index in [1.807, 2.05) is 24.3 Å². The predicted molar refractivity (Wildman–Crippen MR) is 115 cm³/mol. The first kappa shape index (κ1) is 21.7. The number of rotatable bonds is 8. The Hall–Kier alpha value is -4.05. The van der Waals surface area contributed by atoms with Crippen molar-refractivity contribution >= 4 is 5.97 Å². The van der Waals surface area contributed by atoms with Crippen LogP contribution >= 0.6 is 0 Å². The smallest absolute Gasteiger partial charge is 0.337 e. The summed E-state index contributed by atoms with van der Waals surface area (Å²) in [4.78, 5) is 26.1. The van der Waals surface area contributed by atoms with Gasteiger partial charge in [-0.25, -0.2) is 4.79 Å². The summed E-state index contributed by atoms with van der Waals surface area (Å²) in [6.07, 6.45) is 0.649. The molecule has 0 radical (unpaired) electrons. The van der Waals surface area contributed by atoms with Gasteiger partial charge in [0, 0.05) is 17.7 Å². The minimum Gasteiger partial charge on any atom is -0.493 e. The number of carbonyl (C=O) groups is 1. The molecule has 0 bridgehead atoms. The van der Waals surface area contributed by atoms with Crippen LogP contribution in [0, 0.1) is 18.3 Å². The van der Waals surface area contributed by atoms with Crippen LogP contribution in [-0.4, -0.2) is 31.3 Å². The second kappa shape index (κ2) is 10.1. The molecule has 0 saturated heterocycles. The van der Waals surface area contributed by atoms with E-state index >= 15 is 0 Å². The number of nitrogens with zero attached hydrogens (tertiary/aromatic N) is 1. The third-order valence-electron chi connectivity index (χ3n) is 4.53. The Morgan fingerprint density at radius 1 is 1.03 bits per heavy atom. The minimum absolute atomic E-state index is 0.0781. The Morgan fingerprint density at radius 2 is 1.74 bits per heavy atom. The molecule has 0 aliphatic heterocycles. The third kappa shape index (κ3) is 5.52. The van der Waals surface area contributed by atoms with Gasteiger partial charge < -0.3 is 19.2 Å². The van der Waals surface area contributed by atoms with Crippen molar-refractivity contribution in [3.05, 3.63) is 81.8 Å². The number of aromatic amines is 1. The molecule has 0 atom stereocenters. The number of esters is 1. The van der Waals surface area contributed by atoms with Crippen molar-refractivity contribution in [1.82, 2.24) is 4.98 Å². The van der Waals surface area contributed by atoms with Crippen LogP contribution in [0.15, 0.2) is 59.4 Å². The minimum atomic E-state index is -0.402. The number of benzene rings is 2. The van der Waals surface area contributed by atoms with Gasteiger partial charge in [0.25, 0.3) is 5.56 Å². The third-order valence-corrected chi connectivity index (χ3v) is 4.53. The van der Waals surface area contributed by atoms with Crippen molar-refractivity contribution in [3.63, 3.8) is 0 Å². The fourth-order valence-corrected chi connectivity index (χ4v) is 3.02. The van der Waals surface area contributed by atoms with E-state index in [1.54, 1.807) is 43.3 Å². The zero-order chi connectivity index (χ0) is 22.2. The van der Waals surface area contributed by atoms with Crippen LogP contribution in [0.1, 0.15) is 28.0 Å². The van der Waals surface area contributed by atoms with E-state index in [4.69, 9.17) is 9.47 Å². The highest BCUT2D eigenvalue weighted by Crippen LogP contribution is 2.26. The Bertz CT molecular complexity index is 1160. The lowest BCUT2D eigenvalue weighted by molar-refractivity contribution is 0.0600. The van der Waals surface area contributed by atoms with Gasteiger partial charge in [-0.2, -0.15) is 5.26 Å². The van der Waals surface area contributed by atoms with Gasteiger partial charge in [-0.3, -0.25) is 4.79 Å². The first-order valence-electron chi connectivity index (χ1n) is 9.70. The van der Waals surface area contributed by atoms with E-state index in [2.05, 4.69) is 9.72 Å². The summed E-state index contributed by atoms with van der Waals surface area (Å²) in [5.74, 6) is 0.907. The molecule has 1 aromatic heterocycles. The number of hydrogen-bond acceptors (Lipinski definition) is 6. The molecule has 1 N–H and O–H groups in total. The monoisotopic (exact) mass is 418 g/mol. The molecule has 0 aliphatic rings. The number of nitriles is 1. The molecule has 0 unspecified atom stereocenters. The van der Waals surface area contributed by atoms with Crippen molar-refractivity contribution in [3.8, 4) is 28.7 Å². The lowest BCUT2D eigenvalue weighted by Crippen LogP contribution is -2.12. The second-order valence-corrected chi connectivity index (χ2v) is 6.78. The number of nitrogens with one attached hydrogen (secondary N) is 1. The van der Waals surface area contributed by atoms with Crippen molar-refractivity contribution in [1.29, 1.82) is 5.26 Å². The predicted octanol–water partition coefficient (Wildman–Crippen LogP) is 3.86. The maximum atomic E-state index is 12.0. The van der Waals surface area contributed by atoms with Gasteiger partial charge in [0.15, 0.2) is 0 Å². The summed E-state index contributed by atoms with van der Waals surface area (Å²) in [6.45, 7) is 2.65. The van der Waals surface area contributed by atoms with Crippen LogP contribution in [-0.2, 0) is 4.74 Å². The summed E-state index contributed by atoms with van der Waals surface area (Å²) in [5.41, 5.74) is 2.14. The maximum Gasteiger partial charge on any atom is 0.337 e. The van der Waals surface area contributed by atoms with Gasteiger partial charge in [0.1, 0.15) is 23.1 Å². The topological polar surface area (TPSA) is 101 Å². The van der Waals surface area contributed by atoms with Crippen LogP contribution in [0.2, 0.25) is 0 Å². The quantitative estimate of drug-likeness (QED) is 0.440. The fourth-order valence-electron chi connectivity index (χ4n) is 3.02. The summed E-state index contributed by atoms with van der Waals surface area (Å²) in [5, 5.41) is 9.33. The first-order valence-corrected chi connectivity index (χ1v) is 9.70. The number of aromatic nitrogens is 1. The van der Waals surface area contributed by atoms with Crippen LogP contribution in [0.4, 0.5) is 0 Å². The molecule has 0 saturated carbocycles. The lowest BCUT2D eigenvalue weighted by Gasteiger charge is -2.10. The Kier molecular flexibility index (Phi) is 7.07. The van der Waals surface area contributed by atoms with Crippen molar-refractivity contribution < 1.29 is 19.0 Å². The molecule has 7 heteroatoms. The van der Waals surface area contributed by atoms with E-state index < -0.39 is 5.56 Å². The molecule has 1 heterocycles. The highest BCUT2D eigenvalue weighted by atomic mass is 16.5. The Labute approximate surface area is 179 Å². The first-order chi connectivity index (χ1) is 15.0. The molecule has 2 aromatic carbocycles. The molecular weight excluding hydrogens is 396 g/mol.